The van der Waals surface area contributed by atoms with Gasteiger partial charge in [0.25, 0.3) is 0 Å². The standard InChI is InChI=1S/C27H40N2O2/c1-6-13-20(3)25(24(14-7-2)27(30)31-5)26(22-15-12-17-28-19-22)23-16-10-8-9-11-18-29-21(23)4/h12-13,15,17,19,24,29H,6-11,14,16,18H2,1-5H3/b20-13+,23-21+,26-25+. The van der Waals surface area contributed by atoms with Gasteiger partial charge in [-0.3, -0.25) is 9.78 Å². The Labute approximate surface area is 188 Å². The third-order valence-corrected chi connectivity index (χ3v) is 6.06. The van der Waals surface area contributed by atoms with Gasteiger partial charge in [-0.25, -0.2) is 0 Å². The fourth-order valence-electron chi connectivity index (χ4n) is 4.54. The Morgan fingerprint density at radius 1 is 1.26 bits per heavy atom. The summed E-state index contributed by atoms with van der Waals surface area (Å²) in [4.78, 5) is 17.4. The molecule has 0 saturated carbocycles. The Morgan fingerprint density at radius 3 is 2.68 bits per heavy atom. The maximum atomic E-state index is 13.0. The molecule has 0 aromatic carbocycles. The van der Waals surface area contributed by atoms with Crippen LogP contribution in [0.25, 0.3) is 5.57 Å². The van der Waals surface area contributed by atoms with Gasteiger partial charge in [-0.1, -0.05) is 50.8 Å². The molecule has 4 nitrogen and oxygen atoms in total. The zero-order valence-electron chi connectivity index (χ0n) is 20.1. The third kappa shape index (κ3) is 6.81. The zero-order chi connectivity index (χ0) is 22.6. The number of esters is 1. The normalized spacial score (nSPS) is 20.0. The van der Waals surface area contributed by atoms with E-state index in [2.05, 4.69) is 50.1 Å². The summed E-state index contributed by atoms with van der Waals surface area (Å²) in [6.07, 6.45) is 14.4. The molecule has 2 heterocycles. The first-order chi connectivity index (χ1) is 15.0. The molecule has 2 rings (SSSR count). The predicted molar refractivity (Wildman–Crippen MR) is 129 cm³/mol. The molecular formula is C27H40N2O2. The van der Waals surface area contributed by atoms with Crippen LogP contribution in [0.1, 0.15) is 84.6 Å². The first kappa shape index (κ1) is 24.9. The van der Waals surface area contributed by atoms with E-state index in [0.29, 0.717) is 0 Å². The van der Waals surface area contributed by atoms with E-state index in [9.17, 15) is 4.79 Å². The van der Waals surface area contributed by atoms with E-state index in [1.54, 1.807) is 0 Å². The van der Waals surface area contributed by atoms with Gasteiger partial charge in [0, 0.05) is 30.2 Å². The summed E-state index contributed by atoms with van der Waals surface area (Å²) >= 11 is 0. The molecule has 0 amide bonds. The Morgan fingerprint density at radius 2 is 2.03 bits per heavy atom. The molecule has 0 aliphatic carbocycles. The second kappa shape index (κ2) is 13.1. The number of methoxy groups -OCH3 is 1. The fraction of sp³-hybridized carbons (Fsp3) is 0.556. The Bertz CT molecular complexity index is 806. The van der Waals surface area contributed by atoms with E-state index in [4.69, 9.17) is 4.74 Å². The number of pyridine rings is 1. The first-order valence-electron chi connectivity index (χ1n) is 11.9. The van der Waals surface area contributed by atoms with Gasteiger partial charge in [-0.2, -0.15) is 0 Å². The van der Waals surface area contributed by atoms with Gasteiger partial charge in [0.2, 0.25) is 0 Å². The molecule has 1 aromatic heterocycles. The summed E-state index contributed by atoms with van der Waals surface area (Å²) in [5.41, 5.74) is 7.00. The average Bonchev–Trinajstić information content (AvgIpc) is 2.88. The van der Waals surface area contributed by atoms with Gasteiger partial charge in [-0.15, -0.1) is 0 Å². The lowest BCUT2D eigenvalue weighted by molar-refractivity contribution is -0.144. The summed E-state index contributed by atoms with van der Waals surface area (Å²) in [5, 5.41) is 3.65. The van der Waals surface area contributed by atoms with Crippen LogP contribution < -0.4 is 5.32 Å². The SMILES string of the molecule is CC/C=C(C)/C(=C(\C1=C(/C)NCCCCCC1)c1cccnc1)C(CCC)C(=O)OC. The van der Waals surface area contributed by atoms with Gasteiger partial charge in [0.05, 0.1) is 13.0 Å². The van der Waals surface area contributed by atoms with Gasteiger partial charge in [0.1, 0.15) is 0 Å². The van der Waals surface area contributed by atoms with Crippen molar-refractivity contribution in [2.24, 2.45) is 5.92 Å². The summed E-state index contributed by atoms with van der Waals surface area (Å²) in [6.45, 7) is 9.58. The van der Waals surface area contributed by atoms with Crippen LogP contribution >= 0.6 is 0 Å². The van der Waals surface area contributed by atoms with Crippen molar-refractivity contribution in [2.45, 2.75) is 79.1 Å². The van der Waals surface area contributed by atoms with Crippen LogP contribution in [0.3, 0.4) is 0 Å². The maximum absolute atomic E-state index is 13.0. The number of nitrogens with one attached hydrogen (secondary N) is 1. The molecule has 1 atom stereocenters. The van der Waals surface area contributed by atoms with Crippen LogP contribution in [-0.2, 0) is 9.53 Å². The lowest BCUT2D eigenvalue weighted by atomic mass is 9.79. The molecule has 1 N–H and O–H groups in total. The van der Waals surface area contributed by atoms with Gasteiger partial charge < -0.3 is 10.1 Å². The number of hydrogen-bond donors (Lipinski definition) is 1. The van der Waals surface area contributed by atoms with Crippen LogP contribution in [0.15, 0.2) is 53.0 Å². The molecule has 1 unspecified atom stereocenters. The van der Waals surface area contributed by atoms with E-state index in [0.717, 1.165) is 60.9 Å². The largest absolute Gasteiger partial charge is 0.469 e. The molecule has 170 valence electrons. The molecule has 1 aromatic rings. The summed E-state index contributed by atoms with van der Waals surface area (Å²) in [5.74, 6) is -0.447. The number of carbonyl (C=O) groups excluding carboxylic acids is 1. The van der Waals surface area contributed by atoms with Crippen LogP contribution in [0, 0.1) is 5.92 Å². The van der Waals surface area contributed by atoms with E-state index in [-0.39, 0.29) is 11.9 Å². The molecule has 1 aliphatic heterocycles. The lowest BCUT2D eigenvalue weighted by Gasteiger charge is -2.26. The topological polar surface area (TPSA) is 51.2 Å². The summed E-state index contributed by atoms with van der Waals surface area (Å²) < 4.78 is 5.29. The second-order valence-corrected chi connectivity index (χ2v) is 8.38. The van der Waals surface area contributed by atoms with Crippen molar-refractivity contribution in [3.05, 3.63) is 58.6 Å². The first-order valence-corrected chi connectivity index (χ1v) is 11.9. The minimum absolute atomic E-state index is 0.156. The maximum Gasteiger partial charge on any atom is 0.313 e. The van der Waals surface area contributed by atoms with Crippen molar-refractivity contribution in [1.82, 2.24) is 10.3 Å². The highest BCUT2D eigenvalue weighted by Gasteiger charge is 2.29. The van der Waals surface area contributed by atoms with Gasteiger partial charge >= 0.3 is 5.97 Å². The minimum atomic E-state index is -0.291. The van der Waals surface area contributed by atoms with Gasteiger partial charge in [0.15, 0.2) is 0 Å². The van der Waals surface area contributed by atoms with Crippen LogP contribution in [0.5, 0.6) is 0 Å². The minimum Gasteiger partial charge on any atom is -0.469 e. The Kier molecular flexibility index (Phi) is 10.6. The number of rotatable bonds is 8. The third-order valence-electron chi connectivity index (χ3n) is 6.06. The monoisotopic (exact) mass is 424 g/mol. The second-order valence-electron chi connectivity index (χ2n) is 8.38. The average molecular weight is 425 g/mol. The molecule has 0 saturated heterocycles. The molecule has 0 bridgehead atoms. The molecule has 1 aliphatic rings. The lowest BCUT2D eigenvalue weighted by Crippen LogP contribution is -2.22. The summed E-state index contributed by atoms with van der Waals surface area (Å²) in [7, 11) is 1.50. The van der Waals surface area contributed by atoms with Crippen LogP contribution in [0.2, 0.25) is 0 Å². The Hall–Kier alpha value is -2.36. The highest BCUT2D eigenvalue weighted by Crippen LogP contribution is 2.40. The van der Waals surface area contributed by atoms with Crippen molar-refractivity contribution >= 4 is 11.5 Å². The van der Waals surface area contributed by atoms with E-state index >= 15 is 0 Å². The van der Waals surface area contributed by atoms with Crippen molar-refractivity contribution in [3.63, 3.8) is 0 Å². The van der Waals surface area contributed by atoms with Crippen molar-refractivity contribution in [3.8, 4) is 0 Å². The highest BCUT2D eigenvalue weighted by atomic mass is 16.5. The quantitative estimate of drug-likeness (QED) is 0.377. The molecule has 0 fully saturated rings. The number of allylic oxidation sites excluding steroid dienone is 5. The molecule has 4 heteroatoms. The van der Waals surface area contributed by atoms with Crippen LogP contribution in [-0.4, -0.2) is 24.6 Å². The van der Waals surface area contributed by atoms with E-state index < -0.39 is 0 Å². The number of aromatic nitrogens is 1. The fourth-order valence-corrected chi connectivity index (χ4v) is 4.54. The summed E-state index contributed by atoms with van der Waals surface area (Å²) in [6, 6.07) is 4.10. The molecule has 0 radical (unpaired) electrons. The number of ether oxygens (including phenoxy) is 1. The zero-order valence-corrected chi connectivity index (χ0v) is 20.1. The number of carbonyl (C=O) groups is 1. The smallest absolute Gasteiger partial charge is 0.313 e. The van der Waals surface area contributed by atoms with Crippen LogP contribution in [0.4, 0.5) is 0 Å². The number of hydrogen-bond acceptors (Lipinski definition) is 4. The van der Waals surface area contributed by atoms with Crippen molar-refractivity contribution in [2.75, 3.05) is 13.7 Å². The number of nitrogens with zero attached hydrogens (tertiary/aromatic N) is 1. The molecule has 0 spiro atoms. The predicted octanol–water partition coefficient (Wildman–Crippen LogP) is 6.61. The van der Waals surface area contributed by atoms with E-state index in [1.807, 2.05) is 18.5 Å². The molecule has 31 heavy (non-hydrogen) atoms. The van der Waals surface area contributed by atoms with Crippen molar-refractivity contribution < 1.29 is 9.53 Å². The Balaban J connectivity index is 2.88. The van der Waals surface area contributed by atoms with Crippen molar-refractivity contribution in [1.29, 1.82) is 0 Å². The van der Waals surface area contributed by atoms with Gasteiger partial charge in [-0.05, 0) is 68.7 Å². The highest BCUT2D eigenvalue weighted by molar-refractivity contribution is 5.90. The van der Waals surface area contributed by atoms with E-state index in [1.165, 1.54) is 37.6 Å². The molecular weight excluding hydrogens is 384 g/mol.